The van der Waals surface area contributed by atoms with Crippen LogP contribution in [0.15, 0.2) is 0 Å². The molecule has 1 spiro atoms. The van der Waals surface area contributed by atoms with E-state index in [0.29, 0.717) is 5.92 Å². The molecule has 0 bridgehead atoms. The molecule has 1 saturated carbocycles. The van der Waals surface area contributed by atoms with Gasteiger partial charge in [0.15, 0.2) is 5.79 Å². The Morgan fingerprint density at radius 1 is 1.29 bits per heavy atom. The molecule has 0 aromatic rings. The van der Waals surface area contributed by atoms with Crippen LogP contribution >= 0.6 is 0 Å². The van der Waals surface area contributed by atoms with E-state index >= 15 is 0 Å². The lowest BCUT2D eigenvalue weighted by Gasteiger charge is -2.41. The molecule has 0 amide bonds. The zero-order valence-electron chi connectivity index (χ0n) is 9.08. The van der Waals surface area contributed by atoms with Crippen molar-refractivity contribution in [2.24, 2.45) is 11.3 Å². The normalized spacial score (nSPS) is 34.9. The van der Waals surface area contributed by atoms with Gasteiger partial charge in [0.05, 0.1) is 13.2 Å². The van der Waals surface area contributed by atoms with Crippen molar-refractivity contribution in [2.75, 3.05) is 19.8 Å². The van der Waals surface area contributed by atoms with Crippen LogP contribution in [0.5, 0.6) is 0 Å². The van der Waals surface area contributed by atoms with Gasteiger partial charge in [0.2, 0.25) is 0 Å². The maximum Gasteiger partial charge on any atom is 0.168 e. The molecule has 14 heavy (non-hydrogen) atoms. The summed E-state index contributed by atoms with van der Waals surface area (Å²) >= 11 is 0. The summed E-state index contributed by atoms with van der Waals surface area (Å²) in [7, 11) is 0. The monoisotopic (exact) mass is 200 g/mol. The van der Waals surface area contributed by atoms with Gasteiger partial charge in [-0.1, -0.05) is 13.8 Å². The highest BCUT2D eigenvalue weighted by Gasteiger charge is 2.45. The lowest BCUT2D eigenvalue weighted by molar-refractivity contribution is -0.296. The van der Waals surface area contributed by atoms with Gasteiger partial charge in [-0.3, -0.25) is 0 Å². The Morgan fingerprint density at radius 2 is 1.93 bits per heavy atom. The van der Waals surface area contributed by atoms with Crippen LogP contribution in [0.4, 0.5) is 0 Å². The molecule has 1 N–H and O–H groups in total. The molecule has 2 rings (SSSR count). The first-order valence-corrected chi connectivity index (χ1v) is 5.44. The molecule has 3 nitrogen and oxygen atoms in total. The van der Waals surface area contributed by atoms with Crippen molar-refractivity contribution >= 4 is 0 Å². The van der Waals surface area contributed by atoms with Gasteiger partial charge in [0.1, 0.15) is 0 Å². The highest BCUT2D eigenvalue weighted by Crippen LogP contribution is 2.42. The lowest BCUT2D eigenvalue weighted by Crippen LogP contribution is -2.46. The van der Waals surface area contributed by atoms with Crippen molar-refractivity contribution in [3.63, 3.8) is 0 Å². The van der Waals surface area contributed by atoms with Gasteiger partial charge in [-0.05, 0) is 12.3 Å². The minimum Gasteiger partial charge on any atom is -0.396 e. The number of hydrogen-bond acceptors (Lipinski definition) is 3. The van der Waals surface area contributed by atoms with Gasteiger partial charge in [-0.2, -0.15) is 0 Å². The fraction of sp³-hybridized carbons (Fsp3) is 1.00. The fourth-order valence-corrected chi connectivity index (χ4v) is 2.22. The first kappa shape index (κ1) is 10.4. The summed E-state index contributed by atoms with van der Waals surface area (Å²) in [5.41, 5.74) is 0.141. The topological polar surface area (TPSA) is 38.7 Å². The molecular weight excluding hydrogens is 180 g/mol. The van der Waals surface area contributed by atoms with E-state index in [1.54, 1.807) is 0 Å². The first-order chi connectivity index (χ1) is 6.55. The minimum atomic E-state index is -0.358. The molecule has 2 aliphatic rings. The van der Waals surface area contributed by atoms with E-state index in [0.717, 1.165) is 32.5 Å². The predicted molar refractivity (Wildman–Crippen MR) is 52.8 cm³/mol. The third-order valence-electron chi connectivity index (χ3n) is 3.24. The van der Waals surface area contributed by atoms with Gasteiger partial charge in [0, 0.05) is 24.9 Å². The second-order valence-electron chi connectivity index (χ2n) is 5.44. The summed E-state index contributed by atoms with van der Waals surface area (Å²) in [4.78, 5) is 0. The predicted octanol–water partition coefficient (Wildman–Crippen LogP) is 1.55. The highest BCUT2D eigenvalue weighted by molar-refractivity contribution is 4.87. The molecule has 82 valence electrons. The van der Waals surface area contributed by atoms with E-state index in [-0.39, 0.29) is 17.8 Å². The summed E-state index contributed by atoms with van der Waals surface area (Å²) in [5, 5.41) is 9.07. The molecular formula is C11H20O3. The van der Waals surface area contributed by atoms with Gasteiger partial charge in [0.25, 0.3) is 0 Å². The second kappa shape index (κ2) is 3.47. The molecule has 1 heterocycles. The Labute approximate surface area is 85.4 Å². The van der Waals surface area contributed by atoms with Crippen molar-refractivity contribution in [1.29, 1.82) is 0 Å². The molecule has 0 radical (unpaired) electrons. The highest BCUT2D eigenvalue weighted by atomic mass is 16.7. The zero-order valence-corrected chi connectivity index (χ0v) is 9.08. The van der Waals surface area contributed by atoms with Crippen LogP contribution in [0.2, 0.25) is 0 Å². The molecule has 2 fully saturated rings. The fourth-order valence-electron chi connectivity index (χ4n) is 2.22. The number of hydrogen-bond donors (Lipinski definition) is 1. The van der Waals surface area contributed by atoms with Crippen LogP contribution in [-0.4, -0.2) is 30.7 Å². The Balaban J connectivity index is 1.94. The van der Waals surface area contributed by atoms with Gasteiger partial charge >= 0.3 is 0 Å². The molecule has 1 atom stereocenters. The standard InChI is InChI=1S/C11H20O3/c1-10(2)7-13-11(14-8-10)4-3-9(5-11)6-12/h9,12H,3-8H2,1-2H3. The third-order valence-corrected chi connectivity index (χ3v) is 3.24. The van der Waals surface area contributed by atoms with Gasteiger partial charge < -0.3 is 14.6 Å². The van der Waals surface area contributed by atoms with Gasteiger partial charge in [-0.25, -0.2) is 0 Å². The zero-order chi connectivity index (χ0) is 10.2. The molecule has 1 saturated heterocycles. The van der Waals surface area contributed by atoms with E-state index in [4.69, 9.17) is 14.6 Å². The van der Waals surface area contributed by atoms with Crippen molar-refractivity contribution < 1.29 is 14.6 Å². The van der Waals surface area contributed by atoms with E-state index in [2.05, 4.69) is 13.8 Å². The van der Waals surface area contributed by atoms with Crippen molar-refractivity contribution in [2.45, 2.75) is 38.9 Å². The van der Waals surface area contributed by atoms with Crippen LogP contribution in [0.25, 0.3) is 0 Å². The SMILES string of the molecule is CC1(C)COC2(CCC(CO)C2)OC1. The number of ether oxygens (including phenoxy) is 2. The Hall–Kier alpha value is -0.120. The van der Waals surface area contributed by atoms with Crippen LogP contribution in [0, 0.1) is 11.3 Å². The average molecular weight is 200 g/mol. The van der Waals surface area contributed by atoms with Crippen LogP contribution in [0.1, 0.15) is 33.1 Å². The third kappa shape index (κ3) is 1.95. The van der Waals surface area contributed by atoms with E-state index in [9.17, 15) is 0 Å². The minimum absolute atomic E-state index is 0.141. The lowest BCUT2D eigenvalue weighted by atomic mass is 9.94. The average Bonchev–Trinajstić information content (AvgIpc) is 2.56. The number of rotatable bonds is 1. The van der Waals surface area contributed by atoms with E-state index < -0.39 is 0 Å². The number of aliphatic hydroxyl groups is 1. The van der Waals surface area contributed by atoms with Crippen LogP contribution in [0.3, 0.4) is 0 Å². The van der Waals surface area contributed by atoms with E-state index in [1.807, 2.05) is 0 Å². The maximum absolute atomic E-state index is 9.07. The van der Waals surface area contributed by atoms with Gasteiger partial charge in [-0.15, -0.1) is 0 Å². The van der Waals surface area contributed by atoms with Crippen LogP contribution in [-0.2, 0) is 9.47 Å². The first-order valence-electron chi connectivity index (χ1n) is 5.44. The summed E-state index contributed by atoms with van der Waals surface area (Å²) in [6.07, 6.45) is 2.82. The maximum atomic E-state index is 9.07. The van der Waals surface area contributed by atoms with Crippen molar-refractivity contribution in [3.8, 4) is 0 Å². The molecule has 0 aromatic heterocycles. The summed E-state index contributed by atoms with van der Waals surface area (Å²) in [5.74, 6) is 0.0133. The van der Waals surface area contributed by atoms with Crippen LogP contribution < -0.4 is 0 Å². The summed E-state index contributed by atoms with van der Waals surface area (Å²) in [6, 6.07) is 0. The molecule has 1 unspecified atom stereocenters. The van der Waals surface area contributed by atoms with Crippen molar-refractivity contribution in [3.05, 3.63) is 0 Å². The molecule has 0 aromatic carbocycles. The second-order valence-corrected chi connectivity index (χ2v) is 5.44. The quantitative estimate of drug-likeness (QED) is 0.698. The Morgan fingerprint density at radius 3 is 2.43 bits per heavy atom. The summed E-state index contributed by atoms with van der Waals surface area (Å²) < 4.78 is 11.7. The molecule has 1 aliphatic carbocycles. The Kier molecular flexibility index (Phi) is 2.58. The number of aliphatic hydroxyl groups excluding tert-OH is 1. The molecule has 1 aliphatic heterocycles. The summed E-state index contributed by atoms with van der Waals surface area (Å²) in [6.45, 7) is 6.10. The van der Waals surface area contributed by atoms with Crippen molar-refractivity contribution in [1.82, 2.24) is 0 Å². The largest absolute Gasteiger partial charge is 0.396 e. The Bertz CT molecular complexity index is 203. The molecule has 3 heteroatoms. The smallest absolute Gasteiger partial charge is 0.168 e. The van der Waals surface area contributed by atoms with E-state index in [1.165, 1.54) is 0 Å².